The topological polar surface area (TPSA) is 59.2 Å². The van der Waals surface area contributed by atoms with Crippen molar-refractivity contribution in [2.75, 3.05) is 12.3 Å². The molecule has 2 fully saturated rings. The maximum Gasteiger partial charge on any atom is 0.256 e. The molecule has 108 valence electrons. The third-order valence-corrected chi connectivity index (χ3v) is 4.84. The number of amides is 1. The van der Waals surface area contributed by atoms with Crippen LogP contribution in [0.15, 0.2) is 12.3 Å². The van der Waals surface area contributed by atoms with E-state index in [9.17, 15) is 4.79 Å². The Kier molecular flexibility index (Phi) is 3.64. The molecule has 1 aliphatic carbocycles. The Hall–Kier alpha value is -1.58. The van der Waals surface area contributed by atoms with Crippen molar-refractivity contribution in [2.24, 2.45) is 5.92 Å². The molecule has 2 aliphatic rings. The van der Waals surface area contributed by atoms with E-state index in [2.05, 4.69) is 9.88 Å². The van der Waals surface area contributed by atoms with Crippen LogP contribution < -0.4 is 5.73 Å². The fourth-order valence-corrected chi connectivity index (χ4v) is 3.80. The lowest BCUT2D eigenvalue weighted by molar-refractivity contribution is 0.0688. The lowest BCUT2D eigenvalue weighted by Gasteiger charge is -2.29. The zero-order valence-corrected chi connectivity index (χ0v) is 12.1. The van der Waals surface area contributed by atoms with Gasteiger partial charge in [0.1, 0.15) is 0 Å². The summed E-state index contributed by atoms with van der Waals surface area (Å²) in [6.45, 7) is 2.77. The lowest BCUT2D eigenvalue weighted by atomic mass is 9.95. The van der Waals surface area contributed by atoms with E-state index in [1.807, 2.05) is 6.92 Å². The predicted octanol–water partition coefficient (Wildman–Crippen LogP) is 2.77. The number of nitrogens with two attached hydrogens (primary N) is 1. The minimum absolute atomic E-state index is 0.122. The summed E-state index contributed by atoms with van der Waals surface area (Å²) in [4.78, 5) is 19.1. The van der Waals surface area contributed by atoms with E-state index in [-0.39, 0.29) is 5.91 Å². The third kappa shape index (κ3) is 2.39. The summed E-state index contributed by atoms with van der Waals surface area (Å²) in [6, 6.07) is 2.21. The fourth-order valence-electron chi connectivity index (χ4n) is 3.80. The molecule has 20 heavy (non-hydrogen) atoms. The standard InChI is InChI=1S/C16H23N3O/c1-11-14(9-13(17)10-18-11)16(20)19-8-4-7-15(19)12-5-2-3-6-12/h9-10,12,15H,2-8,17H2,1H3. The van der Waals surface area contributed by atoms with Gasteiger partial charge in [0.15, 0.2) is 0 Å². The van der Waals surface area contributed by atoms with Crippen molar-refractivity contribution in [3.63, 3.8) is 0 Å². The minimum Gasteiger partial charge on any atom is -0.397 e. The number of aryl methyl sites for hydroxylation is 1. The first-order valence-corrected chi connectivity index (χ1v) is 7.70. The Bertz CT molecular complexity index is 508. The van der Waals surface area contributed by atoms with Crippen LogP contribution in [-0.4, -0.2) is 28.4 Å². The molecule has 1 saturated heterocycles. The zero-order valence-electron chi connectivity index (χ0n) is 12.1. The van der Waals surface area contributed by atoms with Crippen LogP contribution in [-0.2, 0) is 0 Å². The van der Waals surface area contributed by atoms with E-state index < -0.39 is 0 Å². The monoisotopic (exact) mass is 273 g/mol. The second-order valence-corrected chi connectivity index (χ2v) is 6.15. The molecule has 2 heterocycles. The second-order valence-electron chi connectivity index (χ2n) is 6.15. The van der Waals surface area contributed by atoms with Gasteiger partial charge in [-0.25, -0.2) is 0 Å². The van der Waals surface area contributed by atoms with Crippen molar-refractivity contribution in [3.8, 4) is 0 Å². The minimum atomic E-state index is 0.122. The number of carbonyl (C=O) groups is 1. The van der Waals surface area contributed by atoms with E-state index in [0.717, 1.165) is 25.1 Å². The van der Waals surface area contributed by atoms with E-state index >= 15 is 0 Å². The molecule has 4 heteroatoms. The van der Waals surface area contributed by atoms with Gasteiger partial charge in [-0.3, -0.25) is 9.78 Å². The molecule has 1 aliphatic heterocycles. The first kappa shape index (κ1) is 13.4. The summed E-state index contributed by atoms with van der Waals surface area (Å²) in [5, 5.41) is 0. The van der Waals surface area contributed by atoms with Gasteiger partial charge in [-0.15, -0.1) is 0 Å². The quantitative estimate of drug-likeness (QED) is 0.901. The molecule has 3 rings (SSSR count). The maximum absolute atomic E-state index is 12.8. The summed E-state index contributed by atoms with van der Waals surface area (Å²) in [5.41, 5.74) is 7.81. The third-order valence-electron chi connectivity index (χ3n) is 4.84. The molecule has 0 spiro atoms. The molecule has 0 radical (unpaired) electrons. The number of likely N-dealkylation sites (tertiary alicyclic amines) is 1. The summed E-state index contributed by atoms with van der Waals surface area (Å²) >= 11 is 0. The number of aromatic nitrogens is 1. The van der Waals surface area contributed by atoms with Gasteiger partial charge in [-0.1, -0.05) is 12.8 Å². The predicted molar refractivity (Wildman–Crippen MR) is 79.4 cm³/mol. The number of carbonyl (C=O) groups excluding carboxylic acids is 1. The number of nitrogen functional groups attached to an aromatic ring is 1. The molecule has 1 unspecified atom stereocenters. The summed E-state index contributed by atoms with van der Waals surface area (Å²) in [6.07, 6.45) is 9.10. The second kappa shape index (κ2) is 5.43. The smallest absolute Gasteiger partial charge is 0.256 e. The van der Waals surface area contributed by atoms with Gasteiger partial charge in [-0.05, 0) is 44.6 Å². The van der Waals surface area contributed by atoms with Crippen LogP contribution in [0.4, 0.5) is 5.69 Å². The molecular formula is C16H23N3O. The van der Waals surface area contributed by atoms with Gasteiger partial charge in [-0.2, -0.15) is 0 Å². The average Bonchev–Trinajstić information content (AvgIpc) is 3.10. The van der Waals surface area contributed by atoms with Crippen LogP contribution in [0, 0.1) is 12.8 Å². The number of nitrogens with zero attached hydrogens (tertiary/aromatic N) is 2. The molecule has 4 nitrogen and oxygen atoms in total. The van der Waals surface area contributed by atoms with Crippen LogP contribution in [0.5, 0.6) is 0 Å². The maximum atomic E-state index is 12.8. The largest absolute Gasteiger partial charge is 0.397 e. The molecule has 0 bridgehead atoms. The van der Waals surface area contributed by atoms with Crippen molar-refractivity contribution < 1.29 is 4.79 Å². The highest BCUT2D eigenvalue weighted by molar-refractivity contribution is 5.96. The first-order chi connectivity index (χ1) is 9.66. The molecule has 2 N–H and O–H groups in total. The number of rotatable bonds is 2. The van der Waals surface area contributed by atoms with Gasteiger partial charge >= 0.3 is 0 Å². The van der Waals surface area contributed by atoms with Crippen molar-refractivity contribution >= 4 is 11.6 Å². The van der Waals surface area contributed by atoms with Crippen molar-refractivity contribution in [2.45, 2.75) is 51.5 Å². The summed E-state index contributed by atoms with van der Waals surface area (Å²) in [5.74, 6) is 0.826. The van der Waals surface area contributed by atoms with Crippen LogP contribution in [0.2, 0.25) is 0 Å². The summed E-state index contributed by atoms with van der Waals surface area (Å²) < 4.78 is 0. The highest BCUT2D eigenvalue weighted by Crippen LogP contribution is 2.36. The van der Waals surface area contributed by atoms with Crippen molar-refractivity contribution in [3.05, 3.63) is 23.5 Å². The average molecular weight is 273 g/mol. The van der Waals surface area contributed by atoms with Crippen molar-refractivity contribution in [1.82, 2.24) is 9.88 Å². The van der Waals surface area contributed by atoms with Crippen LogP contribution in [0.3, 0.4) is 0 Å². The molecule has 1 amide bonds. The molecule has 1 aromatic heterocycles. The van der Waals surface area contributed by atoms with E-state index in [0.29, 0.717) is 23.2 Å². The van der Waals surface area contributed by atoms with Crippen LogP contribution in [0.25, 0.3) is 0 Å². The van der Waals surface area contributed by atoms with Gasteiger partial charge in [0.2, 0.25) is 0 Å². The van der Waals surface area contributed by atoms with Gasteiger partial charge in [0.25, 0.3) is 5.91 Å². The lowest BCUT2D eigenvalue weighted by Crippen LogP contribution is -2.39. The Morgan fingerprint density at radius 1 is 1.30 bits per heavy atom. The molecular weight excluding hydrogens is 250 g/mol. The molecule has 1 saturated carbocycles. The SMILES string of the molecule is Cc1ncc(N)cc1C(=O)N1CCCC1C1CCCC1. The van der Waals surface area contributed by atoms with Crippen molar-refractivity contribution in [1.29, 1.82) is 0 Å². The van der Waals surface area contributed by atoms with E-state index in [1.165, 1.54) is 25.7 Å². The highest BCUT2D eigenvalue weighted by Gasteiger charge is 2.36. The number of anilines is 1. The number of hydrogen-bond acceptors (Lipinski definition) is 3. The Morgan fingerprint density at radius 3 is 2.80 bits per heavy atom. The Labute approximate surface area is 120 Å². The Morgan fingerprint density at radius 2 is 2.05 bits per heavy atom. The normalized spacial score (nSPS) is 23.4. The number of hydrogen-bond donors (Lipinski definition) is 1. The fraction of sp³-hybridized carbons (Fsp3) is 0.625. The van der Waals surface area contributed by atoms with E-state index in [1.54, 1.807) is 12.3 Å². The Balaban J connectivity index is 1.83. The summed E-state index contributed by atoms with van der Waals surface area (Å²) in [7, 11) is 0. The van der Waals surface area contributed by atoms with Gasteiger partial charge < -0.3 is 10.6 Å². The zero-order chi connectivity index (χ0) is 14.1. The molecule has 1 atom stereocenters. The van der Waals surface area contributed by atoms with Crippen LogP contribution >= 0.6 is 0 Å². The first-order valence-electron chi connectivity index (χ1n) is 7.70. The highest BCUT2D eigenvalue weighted by atomic mass is 16.2. The molecule has 1 aromatic rings. The van der Waals surface area contributed by atoms with Gasteiger partial charge in [0, 0.05) is 12.6 Å². The number of pyridine rings is 1. The van der Waals surface area contributed by atoms with E-state index in [4.69, 9.17) is 5.73 Å². The van der Waals surface area contributed by atoms with Gasteiger partial charge in [0.05, 0.1) is 23.1 Å². The molecule has 0 aromatic carbocycles. The van der Waals surface area contributed by atoms with Crippen LogP contribution in [0.1, 0.15) is 54.6 Å².